The second-order valence-corrected chi connectivity index (χ2v) is 8.49. The summed E-state index contributed by atoms with van der Waals surface area (Å²) in [4.78, 5) is 12.4. The maximum Gasteiger partial charge on any atom is 0.315 e. The Morgan fingerprint density at radius 3 is 2.96 bits per heavy atom. The molecule has 0 aromatic rings. The van der Waals surface area contributed by atoms with E-state index in [9.17, 15) is 4.79 Å². The summed E-state index contributed by atoms with van der Waals surface area (Å²) >= 11 is 0. The zero-order valence-electron chi connectivity index (χ0n) is 14.1. The highest BCUT2D eigenvalue weighted by molar-refractivity contribution is 5.75. The van der Waals surface area contributed by atoms with Gasteiger partial charge in [0.25, 0.3) is 0 Å². The van der Waals surface area contributed by atoms with E-state index in [1.807, 2.05) is 0 Å². The Morgan fingerprint density at radius 2 is 2.22 bits per heavy atom. The molecule has 0 radical (unpaired) electrons. The molecule has 2 aliphatic heterocycles. The summed E-state index contributed by atoms with van der Waals surface area (Å²) < 4.78 is 11.7. The van der Waals surface area contributed by atoms with Gasteiger partial charge in [0.2, 0.25) is 0 Å². The van der Waals surface area contributed by atoms with E-state index < -0.39 is 0 Å². The van der Waals surface area contributed by atoms with Crippen LogP contribution in [0.5, 0.6) is 0 Å². The van der Waals surface area contributed by atoms with Crippen LogP contribution in [0.15, 0.2) is 0 Å². The van der Waals surface area contributed by atoms with Crippen molar-refractivity contribution >= 4 is 5.97 Å². The number of esters is 1. The van der Waals surface area contributed by atoms with Crippen molar-refractivity contribution in [3.63, 3.8) is 0 Å². The van der Waals surface area contributed by atoms with E-state index in [4.69, 9.17) is 14.6 Å². The molecule has 4 fully saturated rings. The molecule has 0 unspecified atom stereocenters. The van der Waals surface area contributed by atoms with Crippen LogP contribution in [0.3, 0.4) is 0 Å². The Balaban J connectivity index is 1.47. The summed E-state index contributed by atoms with van der Waals surface area (Å²) in [6.45, 7) is 5.22. The molecule has 1 spiro atoms. The van der Waals surface area contributed by atoms with Gasteiger partial charge in [0.1, 0.15) is 12.0 Å². The van der Waals surface area contributed by atoms with E-state index >= 15 is 0 Å². The highest BCUT2D eigenvalue weighted by atomic mass is 16.6. The first-order valence-corrected chi connectivity index (χ1v) is 9.35. The van der Waals surface area contributed by atoms with Crippen LogP contribution >= 0.6 is 0 Å². The summed E-state index contributed by atoms with van der Waals surface area (Å²) in [5.41, 5.74) is 0.417. The van der Waals surface area contributed by atoms with Gasteiger partial charge < -0.3 is 19.9 Å². The largest absolute Gasteiger partial charge is 0.462 e. The summed E-state index contributed by atoms with van der Waals surface area (Å²) in [6, 6.07) is 0. The van der Waals surface area contributed by atoms with Crippen molar-refractivity contribution in [1.29, 1.82) is 0 Å². The van der Waals surface area contributed by atoms with Crippen LogP contribution in [-0.4, -0.2) is 49.1 Å². The smallest absolute Gasteiger partial charge is 0.315 e. The third kappa shape index (κ3) is 2.61. The number of fused-ring (bicyclic) bond motifs is 3. The molecule has 130 valence electrons. The average Bonchev–Trinajstić information content (AvgIpc) is 3.21. The van der Waals surface area contributed by atoms with Crippen LogP contribution in [-0.2, 0) is 14.3 Å². The Hall–Kier alpha value is -0.650. The van der Waals surface area contributed by atoms with Gasteiger partial charge in [-0.3, -0.25) is 4.79 Å². The fraction of sp³-hybridized carbons (Fsp3) is 0.944. The van der Waals surface area contributed by atoms with Crippen LogP contribution in [0.4, 0.5) is 0 Å². The second-order valence-electron chi connectivity index (χ2n) is 8.49. The first-order chi connectivity index (χ1) is 11.1. The topological polar surface area (TPSA) is 75.7 Å². The lowest BCUT2D eigenvalue weighted by Crippen LogP contribution is -2.86. The zero-order valence-corrected chi connectivity index (χ0v) is 14.1. The van der Waals surface area contributed by atoms with Crippen molar-refractivity contribution in [2.75, 3.05) is 26.3 Å². The van der Waals surface area contributed by atoms with Crippen molar-refractivity contribution in [1.82, 2.24) is 0 Å². The van der Waals surface area contributed by atoms with Crippen molar-refractivity contribution in [3.05, 3.63) is 0 Å². The maximum atomic E-state index is 12.4. The van der Waals surface area contributed by atoms with Crippen LogP contribution < -0.4 is 5.32 Å². The van der Waals surface area contributed by atoms with Gasteiger partial charge in [0.05, 0.1) is 25.3 Å². The van der Waals surface area contributed by atoms with Crippen molar-refractivity contribution < 1.29 is 24.7 Å². The molecule has 4 aliphatic rings. The normalized spacial score (nSPS) is 48.0. The highest BCUT2D eigenvalue weighted by Crippen LogP contribution is 2.62. The number of hydrogen-bond donors (Lipinski definition) is 2. The SMILES string of the molecule is C[C@]12CCC[C@]3(CO3)[C@@H]1C[C@H]1[C@@H](C2)OC(=O)[C@@H]1C[NH2+]CCCO. The molecule has 4 rings (SSSR count). The van der Waals surface area contributed by atoms with Crippen LogP contribution in [0, 0.1) is 23.2 Å². The number of carbonyl (C=O) groups is 1. The van der Waals surface area contributed by atoms with Gasteiger partial charge in [0.15, 0.2) is 0 Å². The minimum absolute atomic E-state index is 0.00765. The Bertz CT molecular complexity index is 478. The number of nitrogens with two attached hydrogens (primary N) is 1. The van der Waals surface area contributed by atoms with Gasteiger partial charge in [0, 0.05) is 18.9 Å². The molecule has 3 N–H and O–H groups in total. The molecule has 5 heteroatoms. The minimum atomic E-state index is 0.00765. The molecule has 2 aliphatic carbocycles. The summed E-state index contributed by atoms with van der Waals surface area (Å²) in [6.07, 6.45) is 6.71. The molecule has 2 saturated heterocycles. The van der Waals surface area contributed by atoms with Crippen LogP contribution in [0.2, 0.25) is 0 Å². The first kappa shape index (κ1) is 15.9. The molecular formula is C18H30NO4+. The predicted octanol–water partition coefficient (Wildman–Crippen LogP) is 0.459. The lowest BCUT2D eigenvalue weighted by atomic mass is 9.53. The van der Waals surface area contributed by atoms with Crippen molar-refractivity contribution in [2.24, 2.45) is 23.2 Å². The Kier molecular flexibility index (Phi) is 3.94. The predicted molar refractivity (Wildman–Crippen MR) is 83.6 cm³/mol. The lowest BCUT2D eigenvalue weighted by molar-refractivity contribution is -0.659. The molecule has 0 aromatic carbocycles. The maximum absolute atomic E-state index is 12.4. The molecule has 0 bridgehead atoms. The zero-order chi connectivity index (χ0) is 16.1. The monoisotopic (exact) mass is 324 g/mol. The number of epoxide rings is 1. The standard InChI is InChI=1S/C18H29NO4/c1-17-4-2-5-18(11-22-18)15(17)8-12-13(10-19-6-3-7-20)16(21)23-14(12)9-17/h12-15,19-20H,2-11H2,1H3/p+1/t12-,13-,14-,15-,17-,18+/m1/s1. The third-order valence-electron chi connectivity index (χ3n) is 7.07. The van der Waals surface area contributed by atoms with Crippen molar-refractivity contribution in [2.45, 2.75) is 57.2 Å². The molecular weight excluding hydrogens is 294 g/mol. The van der Waals surface area contributed by atoms with E-state index in [-0.39, 0.29) is 35.6 Å². The van der Waals surface area contributed by atoms with Crippen LogP contribution in [0.1, 0.15) is 45.4 Å². The molecule has 5 nitrogen and oxygen atoms in total. The number of ether oxygens (including phenoxy) is 2. The highest BCUT2D eigenvalue weighted by Gasteiger charge is 2.65. The Labute approximate surface area is 138 Å². The molecule has 2 heterocycles. The second kappa shape index (κ2) is 5.71. The van der Waals surface area contributed by atoms with Gasteiger partial charge in [-0.05, 0) is 43.4 Å². The van der Waals surface area contributed by atoms with Crippen LogP contribution in [0.25, 0.3) is 0 Å². The number of rotatable bonds is 5. The van der Waals surface area contributed by atoms with E-state index in [0.29, 0.717) is 11.8 Å². The molecule has 0 amide bonds. The van der Waals surface area contributed by atoms with Gasteiger partial charge in [-0.25, -0.2) is 0 Å². The molecule has 6 atom stereocenters. The van der Waals surface area contributed by atoms with Gasteiger partial charge in [-0.2, -0.15) is 0 Å². The fourth-order valence-corrected chi connectivity index (χ4v) is 5.76. The van der Waals surface area contributed by atoms with Gasteiger partial charge in [-0.1, -0.05) is 6.92 Å². The molecule has 23 heavy (non-hydrogen) atoms. The van der Waals surface area contributed by atoms with E-state index in [1.165, 1.54) is 19.3 Å². The minimum Gasteiger partial charge on any atom is -0.462 e. The third-order valence-corrected chi connectivity index (χ3v) is 7.07. The quantitative estimate of drug-likeness (QED) is 0.438. The van der Waals surface area contributed by atoms with Gasteiger partial charge in [-0.15, -0.1) is 0 Å². The number of carbonyl (C=O) groups excluding carboxylic acids is 1. The number of aliphatic hydroxyl groups is 1. The van der Waals surface area contributed by atoms with Crippen molar-refractivity contribution in [3.8, 4) is 0 Å². The number of hydrogen-bond acceptors (Lipinski definition) is 4. The summed E-state index contributed by atoms with van der Waals surface area (Å²) in [5, 5.41) is 11.1. The summed E-state index contributed by atoms with van der Waals surface area (Å²) in [7, 11) is 0. The van der Waals surface area contributed by atoms with E-state index in [0.717, 1.165) is 39.0 Å². The molecule has 2 saturated carbocycles. The Morgan fingerprint density at radius 1 is 1.39 bits per heavy atom. The molecule has 0 aromatic heterocycles. The first-order valence-electron chi connectivity index (χ1n) is 9.35. The summed E-state index contributed by atoms with van der Waals surface area (Å²) in [5.74, 6) is 0.999. The fourth-order valence-electron chi connectivity index (χ4n) is 5.76. The van der Waals surface area contributed by atoms with E-state index in [1.54, 1.807) is 0 Å². The average molecular weight is 324 g/mol. The van der Waals surface area contributed by atoms with E-state index in [2.05, 4.69) is 12.2 Å². The number of aliphatic hydroxyl groups excluding tert-OH is 1. The lowest BCUT2D eigenvalue weighted by Gasteiger charge is -2.51. The number of quaternary nitrogens is 1. The van der Waals surface area contributed by atoms with Gasteiger partial charge >= 0.3 is 5.97 Å².